The average Bonchev–Trinajstić information content (AvgIpc) is 2.38. The minimum atomic E-state index is -3.82. The van der Waals surface area contributed by atoms with E-state index in [9.17, 15) is 18.5 Å². The van der Waals surface area contributed by atoms with E-state index in [1.54, 1.807) is 0 Å². The molecule has 2 rings (SSSR count). The molecular weight excluding hydrogens is 268 g/mol. The first-order valence-electron chi connectivity index (χ1n) is 4.70. The monoisotopic (exact) mass is 276 g/mol. The summed E-state index contributed by atoms with van der Waals surface area (Å²) in [6.45, 7) is 2.93. The summed E-state index contributed by atoms with van der Waals surface area (Å²) in [5.74, 6) is 0. The van der Waals surface area contributed by atoms with Crippen LogP contribution in [0.4, 0.5) is 11.4 Å². The first-order chi connectivity index (χ1) is 7.71. The minimum Gasteiger partial charge on any atom is -0.258 e. The molecule has 0 saturated heterocycles. The number of halogens is 1. The van der Waals surface area contributed by atoms with Crippen LogP contribution in [0.25, 0.3) is 0 Å². The van der Waals surface area contributed by atoms with Gasteiger partial charge in [-0.2, -0.15) is 3.82 Å². The predicted octanol–water partition coefficient (Wildman–Crippen LogP) is 2.13. The van der Waals surface area contributed by atoms with Gasteiger partial charge in [0.15, 0.2) is 5.69 Å². The molecule has 1 aromatic rings. The molecule has 0 aliphatic carbocycles. The summed E-state index contributed by atoms with van der Waals surface area (Å²) in [4.78, 5) is 10.2. The third-order valence-corrected chi connectivity index (χ3v) is 5.72. The summed E-state index contributed by atoms with van der Waals surface area (Å²) in [5, 5.41) is 10.9. The Morgan fingerprint density at radius 2 is 2.00 bits per heavy atom. The SMILES string of the molecule is CC1(C)c2cccc([N+](=O)[O-])c2N(Cl)S1(=O)=O. The van der Waals surface area contributed by atoms with Crippen LogP contribution in [0.1, 0.15) is 19.4 Å². The smallest absolute Gasteiger partial charge is 0.258 e. The van der Waals surface area contributed by atoms with Crippen LogP contribution in [-0.4, -0.2) is 13.3 Å². The van der Waals surface area contributed by atoms with Crippen molar-refractivity contribution in [2.45, 2.75) is 18.6 Å². The first kappa shape index (κ1) is 12.1. The molecule has 0 aromatic heterocycles. The molecule has 17 heavy (non-hydrogen) atoms. The molecule has 0 saturated carbocycles. The molecule has 0 spiro atoms. The Morgan fingerprint density at radius 3 is 2.53 bits per heavy atom. The molecule has 1 heterocycles. The first-order valence-corrected chi connectivity index (χ1v) is 6.47. The molecule has 0 bridgehead atoms. The second-order valence-electron chi connectivity index (χ2n) is 4.16. The van der Waals surface area contributed by atoms with Gasteiger partial charge in [0.25, 0.3) is 15.7 Å². The maximum Gasteiger partial charge on any atom is 0.295 e. The number of hydrogen-bond donors (Lipinski definition) is 0. The van der Waals surface area contributed by atoms with Crippen LogP contribution in [0.3, 0.4) is 0 Å². The molecular formula is C9H9ClN2O4S. The lowest BCUT2D eigenvalue weighted by Crippen LogP contribution is -2.30. The van der Waals surface area contributed by atoms with E-state index >= 15 is 0 Å². The molecule has 0 unspecified atom stereocenters. The molecule has 6 nitrogen and oxygen atoms in total. The zero-order valence-corrected chi connectivity index (χ0v) is 10.6. The second kappa shape index (κ2) is 3.33. The molecule has 0 N–H and O–H groups in total. The van der Waals surface area contributed by atoms with Gasteiger partial charge < -0.3 is 0 Å². The predicted molar refractivity (Wildman–Crippen MR) is 63.4 cm³/mol. The summed E-state index contributed by atoms with van der Waals surface area (Å²) < 4.78 is 23.2. The van der Waals surface area contributed by atoms with Gasteiger partial charge in [0.1, 0.15) is 4.75 Å². The van der Waals surface area contributed by atoms with Gasteiger partial charge in [-0.15, -0.1) is 0 Å². The van der Waals surface area contributed by atoms with Crippen molar-refractivity contribution in [2.75, 3.05) is 3.82 Å². The maximum absolute atomic E-state index is 12.0. The van der Waals surface area contributed by atoms with Gasteiger partial charge in [-0.1, -0.05) is 12.1 Å². The van der Waals surface area contributed by atoms with Crippen molar-refractivity contribution in [3.8, 4) is 0 Å². The number of rotatable bonds is 1. The summed E-state index contributed by atoms with van der Waals surface area (Å²) in [6.07, 6.45) is 0. The van der Waals surface area contributed by atoms with Crippen LogP contribution < -0.4 is 3.82 Å². The molecule has 1 aliphatic heterocycles. The van der Waals surface area contributed by atoms with Crippen molar-refractivity contribution in [2.24, 2.45) is 0 Å². The Kier molecular flexibility index (Phi) is 2.38. The van der Waals surface area contributed by atoms with Crippen molar-refractivity contribution in [3.63, 3.8) is 0 Å². The summed E-state index contributed by atoms with van der Waals surface area (Å²) in [5.41, 5.74) is -0.0440. The fourth-order valence-corrected chi connectivity index (χ4v) is 3.78. The molecule has 0 amide bonds. The zero-order valence-electron chi connectivity index (χ0n) is 9.05. The topological polar surface area (TPSA) is 80.5 Å². The lowest BCUT2D eigenvalue weighted by molar-refractivity contribution is -0.384. The number of sulfonamides is 1. The van der Waals surface area contributed by atoms with Gasteiger partial charge in [-0.25, -0.2) is 8.42 Å². The highest BCUT2D eigenvalue weighted by Gasteiger charge is 2.52. The van der Waals surface area contributed by atoms with Crippen LogP contribution in [0.15, 0.2) is 18.2 Å². The summed E-state index contributed by atoms with van der Waals surface area (Å²) in [7, 11) is -3.82. The number of hydrogen-bond acceptors (Lipinski definition) is 4. The van der Waals surface area contributed by atoms with Crippen LogP contribution in [0.5, 0.6) is 0 Å². The van der Waals surface area contributed by atoms with Crippen LogP contribution in [0.2, 0.25) is 0 Å². The Balaban J connectivity index is 2.87. The number of para-hydroxylation sites is 1. The minimum absolute atomic E-state index is 0.0656. The molecule has 1 aliphatic rings. The van der Waals surface area contributed by atoms with Gasteiger partial charge in [0.2, 0.25) is 0 Å². The highest BCUT2D eigenvalue weighted by Crippen LogP contribution is 2.51. The summed E-state index contributed by atoms with van der Waals surface area (Å²) >= 11 is 5.71. The number of fused-ring (bicyclic) bond motifs is 1. The van der Waals surface area contributed by atoms with Crippen LogP contribution in [-0.2, 0) is 14.8 Å². The van der Waals surface area contributed by atoms with Crippen molar-refractivity contribution < 1.29 is 13.3 Å². The largest absolute Gasteiger partial charge is 0.295 e. The third kappa shape index (κ3) is 1.35. The van der Waals surface area contributed by atoms with E-state index in [-0.39, 0.29) is 11.4 Å². The van der Waals surface area contributed by atoms with Crippen molar-refractivity contribution >= 4 is 33.2 Å². The van der Waals surface area contributed by atoms with Crippen molar-refractivity contribution in [1.29, 1.82) is 0 Å². The van der Waals surface area contributed by atoms with Gasteiger partial charge in [-0.3, -0.25) is 10.1 Å². The van der Waals surface area contributed by atoms with Gasteiger partial charge >= 0.3 is 0 Å². The Labute approximate surface area is 103 Å². The fraction of sp³-hybridized carbons (Fsp3) is 0.333. The van der Waals surface area contributed by atoms with Gasteiger partial charge in [-0.05, 0) is 13.8 Å². The molecule has 0 atom stereocenters. The average molecular weight is 277 g/mol. The van der Waals surface area contributed by atoms with Crippen molar-refractivity contribution in [1.82, 2.24) is 0 Å². The zero-order chi connectivity index (χ0) is 13.0. The molecule has 92 valence electrons. The van der Waals surface area contributed by atoms with Crippen LogP contribution >= 0.6 is 11.8 Å². The Hall–Kier alpha value is -1.34. The lowest BCUT2D eigenvalue weighted by Gasteiger charge is -2.17. The second-order valence-corrected chi connectivity index (χ2v) is 7.04. The van der Waals surface area contributed by atoms with E-state index in [2.05, 4.69) is 0 Å². The quantitative estimate of drug-likeness (QED) is 0.447. The number of nitro benzene ring substituents is 1. The van der Waals surface area contributed by atoms with Gasteiger partial charge in [0.05, 0.1) is 4.92 Å². The Morgan fingerprint density at radius 1 is 1.41 bits per heavy atom. The lowest BCUT2D eigenvalue weighted by atomic mass is 10.00. The van der Waals surface area contributed by atoms with Crippen LogP contribution in [0, 0.1) is 10.1 Å². The maximum atomic E-state index is 12.0. The summed E-state index contributed by atoms with van der Waals surface area (Å²) in [6, 6.07) is 4.21. The van der Waals surface area contributed by atoms with E-state index in [0.717, 1.165) is 0 Å². The standard InChI is InChI=1S/C9H9ClN2O4S/c1-9(2)6-4-3-5-7(12(13)14)8(6)11(10)17(9,15)16/h3-5H,1-2H3. The highest BCUT2D eigenvalue weighted by atomic mass is 35.5. The Bertz CT molecular complexity index is 611. The van der Waals surface area contributed by atoms with E-state index in [1.807, 2.05) is 0 Å². The number of benzene rings is 1. The highest BCUT2D eigenvalue weighted by molar-refractivity contribution is 7.95. The molecule has 0 radical (unpaired) electrons. The third-order valence-electron chi connectivity index (χ3n) is 2.89. The van der Waals surface area contributed by atoms with Crippen molar-refractivity contribution in [3.05, 3.63) is 33.9 Å². The number of nitrogens with zero attached hydrogens (tertiary/aromatic N) is 2. The van der Waals surface area contributed by atoms with E-state index < -0.39 is 19.7 Å². The number of nitro groups is 1. The molecule has 1 aromatic carbocycles. The van der Waals surface area contributed by atoms with E-state index in [1.165, 1.54) is 32.0 Å². The fourth-order valence-electron chi connectivity index (χ4n) is 1.81. The molecule has 0 fully saturated rings. The van der Waals surface area contributed by atoms with Gasteiger partial charge in [0, 0.05) is 23.4 Å². The number of anilines is 1. The van der Waals surface area contributed by atoms with E-state index in [0.29, 0.717) is 9.39 Å². The molecule has 8 heteroatoms. The van der Waals surface area contributed by atoms with E-state index in [4.69, 9.17) is 11.8 Å². The normalized spacial score (nSPS) is 20.1.